The maximum Gasteiger partial charge on any atom is 0.248 e. The van der Waals surface area contributed by atoms with Crippen molar-refractivity contribution in [2.75, 3.05) is 0 Å². The summed E-state index contributed by atoms with van der Waals surface area (Å²) in [5.41, 5.74) is 2.45. The predicted molar refractivity (Wildman–Crippen MR) is 79.4 cm³/mol. The Balaban J connectivity index is 2.01. The summed E-state index contributed by atoms with van der Waals surface area (Å²) in [4.78, 5) is 14.4. The maximum atomic E-state index is 11.4. The van der Waals surface area contributed by atoms with Crippen molar-refractivity contribution in [2.45, 2.75) is 65.0 Å². The Bertz CT molecular complexity index is 464. The van der Waals surface area contributed by atoms with Crippen LogP contribution in [0.4, 0.5) is 0 Å². The third-order valence-electron chi connectivity index (χ3n) is 3.99. The van der Waals surface area contributed by atoms with E-state index in [0.29, 0.717) is 12.1 Å². The molecule has 19 heavy (non-hydrogen) atoms. The molecule has 0 fully saturated rings. The minimum Gasteiger partial charge on any atom is -0.326 e. The molecule has 106 valence electrons. The van der Waals surface area contributed by atoms with Gasteiger partial charge < -0.3 is 10.3 Å². The van der Waals surface area contributed by atoms with E-state index in [1.807, 2.05) is 6.07 Å². The highest BCUT2D eigenvalue weighted by atomic mass is 16.1. The van der Waals surface area contributed by atoms with Crippen LogP contribution in [0.2, 0.25) is 0 Å². The number of fused-ring (bicyclic) bond motifs is 1. The van der Waals surface area contributed by atoms with E-state index in [0.717, 1.165) is 24.5 Å². The van der Waals surface area contributed by atoms with Crippen molar-refractivity contribution in [2.24, 2.45) is 5.92 Å². The summed E-state index contributed by atoms with van der Waals surface area (Å²) in [6.45, 7) is 6.81. The lowest BCUT2D eigenvalue weighted by atomic mass is 9.90. The van der Waals surface area contributed by atoms with Crippen molar-refractivity contribution in [1.82, 2.24) is 10.3 Å². The predicted octanol–water partition coefficient (Wildman–Crippen LogP) is 3.17. The summed E-state index contributed by atoms with van der Waals surface area (Å²) in [5, 5.41) is 3.73. The Morgan fingerprint density at radius 1 is 1.32 bits per heavy atom. The fraction of sp³-hybridized carbons (Fsp3) is 0.688. The normalized spacial score (nSPS) is 20.3. The summed E-state index contributed by atoms with van der Waals surface area (Å²) >= 11 is 0. The Labute approximate surface area is 115 Å². The number of nitrogens with one attached hydrogen (secondary N) is 2. The van der Waals surface area contributed by atoms with Crippen LogP contribution in [0.15, 0.2) is 16.9 Å². The smallest absolute Gasteiger partial charge is 0.248 e. The second-order valence-electron chi connectivity index (χ2n) is 6.24. The molecule has 1 aliphatic rings. The molecule has 3 heteroatoms. The van der Waals surface area contributed by atoms with Gasteiger partial charge in [-0.1, -0.05) is 19.9 Å². The molecule has 0 saturated carbocycles. The number of aryl methyl sites for hydroxylation is 1. The van der Waals surface area contributed by atoms with E-state index in [9.17, 15) is 4.79 Å². The van der Waals surface area contributed by atoms with E-state index in [1.165, 1.54) is 24.8 Å². The van der Waals surface area contributed by atoms with E-state index in [-0.39, 0.29) is 5.56 Å². The fourth-order valence-corrected chi connectivity index (χ4v) is 2.88. The summed E-state index contributed by atoms with van der Waals surface area (Å²) in [5.74, 6) is 0.763. The van der Waals surface area contributed by atoms with Gasteiger partial charge in [-0.3, -0.25) is 4.79 Å². The van der Waals surface area contributed by atoms with Gasteiger partial charge in [0.05, 0.1) is 0 Å². The van der Waals surface area contributed by atoms with Crippen molar-refractivity contribution in [3.8, 4) is 0 Å². The van der Waals surface area contributed by atoms with Crippen LogP contribution in [0.3, 0.4) is 0 Å². The second-order valence-corrected chi connectivity index (χ2v) is 6.24. The molecule has 1 aliphatic carbocycles. The highest BCUT2D eigenvalue weighted by Gasteiger charge is 2.21. The molecule has 1 heterocycles. The van der Waals surface area contributed by atoms with E-state index in [4.69, 9.17) is 0 Å². The van der Waals surface area contributed by atoms with Crippen molar-refractivity contribution >= 4 is 0 Å². The molecule has 0 amide bonds. The average molecular weight is 262 g/mol. The Kier molecular flexibility index (Phi) is 4.81. The zero-order valence-electron chi connectivity index (χ0n) is 12.3. The standard InChI is InChI=1S/C16H26N2O/c1-11(2)7-8-12(3)17-14-5-4-6-15-13(14)9-10-16(19)18-15/h9-12,14,17H,4-8H2,1-3H3,(H,18,19). The quantitative estimate of drug-likeness (QED) is 0.856. The lowest BCUT2D eigenvalue weighted by Gasteiger charge is -2.29. The van der Waals surface area contributed by atoms with Crippen LogP contribution < -0.4 is 10.9 Å². The second kappa shape index (κ2) is 6.38. The van der Waals surface area contributed by atoms with Crippen molar-refractivity contribution < 1.29 is 0 Å². The molecule has 2 atom stereocenters. The lowest BCUT2D eigenvalue weighted by Crippen LogP contribution is -2.33. The summed E-state index contributed by atoms with van der Waals surface area (Å²) in [6.07, 6.45) is 5.81. The van der Waals surface area contributed by atoms with Gasteiger partial charge in [-0.15, -0.1) is 0 Å². The highest BCUT2D eigenvalue weighted by Crippen LogP contribution is 2.28. The molecule has 3 nitrogen and oxygen atoms in total. The van der Waals surface area contributed by atoms with Gasteiger partial charge in [-0.25, -0.2) is 0 Å². The van der Waals surface area contributed by atoms with Crippen molar-refractivity contribution in [1.29, 1.82) is 0 Å². The average Bonchev–Trinajstić information content (AvgIpc) is 2.36. The number of aromatic amines is 1. The molecule has 0 aliphatic heterocycles. The number of pyridine rings is 1. The SMILES string of the molecule is CC(C)CCC(C)NC1CCCc2[nH]c(=O)ccc21. The molecule has 2 unspecified atom stereocenters. The summed E-state index contributed by atoms with van der Waals surface area (Å²) < 4.78 is 0. The molecule has 2 rings (SSSR count). The number of hydrogen-bond acceptors (Lipinski definition) is 2. The summed E-state index contributed by atoms with van der Waals surface area (Å²) in [6, 6.07) is 4.59. The molecule has 0 radical (unpaired) electrons. The Morgan fingerprint density at radius 2 is 2.11 bits per heavy atom. The first kappa shape index (κ1) is 14.3. The van der Waals surface area contributed by atoms with E-state index in [1.54, 1.807) is 6.07 Å². The van der Waals surface area contributed by atoms with Crippen LogP contribution in [0, 0.1) is 5.92 Å². The minimum absolute atomic E-state index is 0.0206. The molecule has 0 spiro atoms. The maximum absolute atomic E-state index is 11.4. The highest BCUT2D eigenvalue weighted by molar-refractivity contribution is 5.26. The number of H-pyrrole nitrogens is 1. The molecular formula is C16H26N2O. The largest absolute Gasteiger partial charge is 0.326 e. The molecule has 2 N–H and O–H groups in total. The van der Waals surface area contributed by atoms with Gasteiger partial charge in [-0.05, 0) is 50.5 Å². The van der Waals surface area contributed by atoms with Gasteiger partial charge in [0.1, 0.15) is 0 Å². The Hall–Kier alpha value is -1.09. The monoisotopic (exact) mass is 262 g/mol. The number of aromatic nitrogens is 1. The van der Waals surface area contributed by atoms with Crippen LogP contribution >= 0.6 is 0 Å². The van der Waals surface area contributed by atoms with Crippen LogP contribution in [-0.2, 0) is 6.42 Å². The minimum atomic E-state index is 0.0206. The molecular weight excluding hydrogens is 236 g/mol. The molecule has 1 aromatic rings. The third kappa shape index (κ3) is 3.93. The van der Waals surface area contributed by atoms with Crippen LogP contribution in [0.5, 0.6) is 0 Å². The first-order valence-electron chi connectivity index (χ1n) is 7.54. The number of rotatable bonds is 5. The van der Waals surface area contributed by atoms with E-state index in [2.05, 4.69) is 31.1 Å². The fourth-order valence-electron chi connectivity index (χ4n) is 2.88. The zero-order chi connectivity index (χ0) is 13.8. The summed E-state index contributed by atoms with van der Waals surface area (Å²) in [7, 11) is 0. The van der Waals surface area contributed by atoms with Crippen LogP contribution in [0.1, 0.15) is 63.8 Å². The van der Waals surface area contributed by atoms with Crippen LogP contribution in [-0.4, -0.2) is 11.0 Å². The lowest BCUT2D eigenvalue weighted by molar-refractivity contribution is 0.373. The van der Waals surface area contributed by atoms with Gasteiger partial charge in [0.25, 0.3) is 0 Å². The molecule has 0 aromatic carbocycles. The van der Waals surface area contributed by atoms with Gasteiger partial charge in [-0.2, -0.15) is 0 Å². The zero-order valence-corrected chi connectivity index (χ0v) is 12.3. The Morgan fingerprint density at radius 3 is 2.84 bits per heavy atom. The van der Waals surface area contributed by atoms with E-state index >= 15 is 0 Å². The van der Waals surface area contributed by atoms with Gasteiger partial charge >= 0.3 is 0 Å². The van der Waals surface area contributed by atoms with E-state index < -0.39 is 0 Å². The molecule has 1 aromatic heterocycles. The third-order valence-corrected chi connectivity index (χ3v) is 3.99. The van der Waals surface area contributed by atoms with Gasteiger partial charge in [0, 0.05) is 23.8 Å². The van der Waals surface area contributed by atoms with Crippen LogP contribution in [0.25, 0.3) is 0 Å². The van der Waals surface area contributed by atoms with Gasteiger partial charge in [0.15, 0.2) is 0 Å². The molecule has 0 bridgehead atoms. The number of hydrogen-bond donors (Lipinski definition) is 2. The first-order chi connectivity index (χ1) is 9.06. The first-order valence-corrected chi connectivity index (χ1v) is 7.54. The van der Waals surface area contributed by atoms with Gasteiger partial charge in [0.2, 0.25) is 5.56 Å². The van der Waals surface area contributed by atoms with Crippen molar-refractivity contribution in [3.05, 3.63) is 33.7 Å². The molecule has 0 saturated heterocycles. The van der Waals surface area contributed by atoms with Crippen molar-refractivity contribution in [3.63, 3.8) is 0 Å². The topological polar surface area (TPSA) is 44.9 Å².